The predicted octanol–water partition coefficient (Wildman–Crippen LogP) is 4.54. The molecule has 2 nitrogen and oxygen atoms in total. The summed E-state index contributed by atoms with van der Waals surface area (Å²) in [5.41, 5.74) is 2.38. The van der Waals surface area contributed by atoms with Crippen LogP contribution in [0.3, 0.4) is 0 Å². The van der Waals surface area contributed by atoms with Crippen LogP contribution in [0.2, 0.25) is 0 Å². The van der Waals surface area contributed by atoms with Crippen LogP contribution in [0.1, 0.15) is 43.4 Å². The van der Waals surface area contributed by atoms with E-state index in [9.17, 15) is 4.21 Å². The van der Waals surface area contributed by atoms with Crippen LogP contribution < -0.4 is 4.72 Å². The van der Waals surface area contributed by atoms with E-state index in [0.717, 1.165) is 24.2 Å². The van der Waals surface area contributed by atoms with E-state index in [4.69, 9.17) is 0 Å². The molecule has 0 radical (unpaired) electrons. The number of rotatable bonds is 7. The Morgan fingerprint density at radius 3 is 2.33 bits per heavy atom. The van der Waals surface area contributed by atoms with Crippen molar-refractivity contribution < 1.29 is 4.21 Å². The second-order valence-electron chi connectivity index (χ2n) is 5.31. The third-order valence-corrected chi connectivity index (χ3v) is 4.73. The van der Waals surface area contributed by atoms with Crippen LogP contribution >= 0.6 is 0 Å². The Bertz CT molecular complexity index is 566. The highest BCUT2D eigenvalue weighted by Gasteiger charge is 2.14. The van der Waals surface area contributed by atoms with Crippen molar-refractivity contribution in [2.45, 2.75) is 44.0 Å². The number of unbranched alkanes of at least 4 members (excludes halogenated alkanes) is 1. The molecule has 3 heteroatoms. The Morgan fingerprint density at radius 1 is 1.05 bits per heavy atom. The van der Waals surface area contributed by atoms with Gasteiger partial charge in [0.15, 0.2) is 0 Å². The lowest BCUT2D eigenvalue weighted by Gasteiger charge is -2.18. The number of nitrogens with one attached hydrogen (secondary N) is 1. The molecule has 2 rings (SSSR count). The van der Waals surface area contributed by atoms with Crippen LogP contribution in [0.5, 0.6) is 0 Å². The fourth-order valence-electron chi connectivity index (χ4n) is 2.25. The van der Waals surface area contributed by atoms with Crippen molar-refractivity contribution in [1.29, 1.82) is 0 Å². The average molecular weight is 301 g/mol. The van der Waals surface area contributed by atoms with Crippen molar-refractivity contribution in [2.75, 3.05) is 0 Å². The van der Waals surface area contributed by atoms with E-state index >= 15 is 0 Å². The van der Waals surface area contributed by atoms with Gasteiger partial charge in [-0.1, -0.05) is 67.8 Å². The van der Waals surface area contributed by atoms with Crippen LogP contribution in [0, 0.1) is 6.92 Å². The summed E-state index contributed by atoms with van der Waals surface area (Å²) >= 11 is 0. The van der Waals surface area contributed by atoms with E-state index in [2.05, 4.69) is 23.8 Å². The van der Waals surface area contributed by atoms with E-state index in [0.29, 0.717) is 0 Å². The smallest absolute Gasteiger partial charge is 0.125 e. The van der Waals surface area contributed by atoms with Gasteiger partial charge < -0.3 is 0 Å². The molecule has 0 saturated carbocycles. The van der Waals surface area contributed by atoms with Crippen LogP contribution in [0.15, 0.2) is 59.5 Å². The van der Waals surface area contributed by atoms with Gasteiger partial charge in [-0.3, -0.25) is 0 Å². The lowest BCUT2D eigenvalue weighted by Crippen LogP contribution is -2.23. The molecule has 1 N–H and O–H groups in total. The molecule has 21 heavy (non-hydrogen) atoms. The summed E-state index contributed by atoms with van der Waals surface area (Å²) in [6, 6.07) is 18.3. The van der Waals surface area contributed by atoms with Crippen molar-refractivity contribution in [3.63, 3.8) is 0 Å². The lowest BCUT2D eigenvalue weighted by molar-refractivity contribution is 0.559. The van der Waals surface area contributed by atoms with Gasteiger partial charge in [0.05, 0.1) is 4.90 Å². The molecule has 0 aliphatic heterocycles. The number of aryl methyl sites for hydroxylation is 1. The fraction of sp³-hybridized carbons (Fsp3) is 0.333. The minimum atomic E-state index is -1.18. The molecule has 1 unspecified atom stereocenters. The monoisotopic (exact) mass is 301 g/mol. The summed E-state index contributed by atoms with van der Waals surface area (Å²) in [6.45, 7) is 4.22. The molecule has 0 aliphatic rings. The van der Waals surface area contributed by atoms with Crippen LogP contribution in [0.25, 0.3) is 0 Å². The third-order valence-electron chi connectivity index (χ3n) is 3.53. The summed E-state index contributed by atoms with van der Waals surface area (Å²) in [4.78, 5) is 0.832. The molecular formula is C18H23NOS. The van der Waals surface area contributed by atoms with Crippen molar-refractivity contribution in [3.8, 4) is 0 Å². The first-order chi connectivity index (χ1) is 10.2. The predicted molar refractivity (Wildman–Crippen MR) is 89.4 cm³/mol. The van der Waals surface area contributed by atoms with E-state index < -0.39 is 11.0 Å². The maximum Gasteiger partial charge on any atom is 0.125 e. The third kappa shape index (κ3) is 4.80. The van der Waals surface area contributed by atoms with Gasteiger partial charge >= 0.3 is 0 Å². The first kappa shape index (κ1) is 15.9. The molecule has 0 heterocycles. The Balaban J connectivity index is 2.11. The van der Waals surface area contributed by atoms with Crippen LogP contribution in [0.4, 0.5) is 0 Å². The molecule has 0 saturated heterocycles. The second kappa shape index (κ2) is 8.11. The summed E-state index contributed by atoms with van der Waals surface area (Å²) in [6.07, 6.45) is 3.26. The maximum atomic E-state index is 12.5. The van der Waals surface area contributed by atoms with Crippen molar-refractivity contribution in [2.24, 2.45) is 0 Å². The SMILES string of the molecule is CCCC[C@@H](NS(=O)c1ccc(C)cc1)c1ccccc1. The minimum Gasteiger partial charge on any atom is -0.237 e. The first-order valence-corrected chi connectivity index (χ1v) is 8.65. The zero-order valence-corrected chi connectivity index (χ0v) is 13.5. The molecule has 2 aromatic carbocycles. The van der Waals surface area contributed by atoms with Gasteiger partial charge in [0.1, 0.15) is 11.0 Å². The second-order valence-corrected chi connectivity index (χ2v) is 6.55. The van der Waals surface area contributed by atoms with Crippen molar-refractivity contribution in [3.05, 3.63) is 65.7 Å². The summed E-state index contributed by atoms with van der Waals surface area (Å²) in [5.74, 6) is 0. The molecule has 0 bridgehead atoms. The van der Waals surface area contributed by atoms with E-state index in [1.54, 1.807) is 0 Å². The topological polar surface area (TPSA) is 29.1 Å². The van der Waals surface area contributed by atoms with Crippen molar-refractivity contribution >= 4 is 11.0 Å². The molecule has 0 amide bonds. The zero-order chi connectivity index (χ0) is 15.1. The highest BCUT2D eigenvalue weighted by molar-refractivity contribution is 7.83. The highest BCUT2D eigenvalue weighted by Crippen LogP contribution is 2.21. The number of hydrogen-bond donors (Lipinski definition) is 1. The molecule has 112 valence electrons. The largest absolute Gasteiger partial charge is 0.237 e. The highest BCUT2D eigenvalue weighted by atomic mass is 32.2. The molecule has 0 spiro atoms. The molecule has 0 aliphatic carbocycles. The summed E-state index contributed by atoms with van der Waals surface area (Å²) in [5, 5.41) is 0. The van der Waals surface area contributed by atoms with Crippen LogP contribution in [-0.4, -0.2) is 4.21 Å². The Labute approximate surface area is 130 Å². The van der Waals surface area contributed by atoms with Gasteiger partial charge in [-0.25, -0.2) is 8.93 Å². The fourth-order valence-corrected chi connectivity index (χ4v) is 3.28. The Kier molecular flexibility index (Phi) is 6.15. The molecule has 2 atom stereocenters. The average Bonchev–Trinajstić information content (AvgIpc) is 2.52. The number of benzene rings is 2. The standard InChI is InChI=1S/C18H23NOS/c1-3-4-10-18(16-8-6-5-7-9-16)19-21(20)17-13-11-15(2)12-14-17/h5-9,11-14,18-19H,3-4,10H2,1-2H3/t18-,21?/m1/s1. The minimum absolute atomic E-state index is 0.133. The van der Waals surface area contributed by atoms with E-state index in [1.165, 1.54) is 11.1 Å². The first-order valence-electron chi connectivity index (χ1n) is 7.50. The van der Waals surface area contributed by atoms with Gasteiger partial charge in [-0.2, -0.15) is 0 Å². The van der Waals surface area contributed by atoms with E-state index in [1.807, 2.05) is 49.4 Å². The summed E-state index contributed by atoms with van der Waals surface area (Å²) < 4.78 is 15.8. The van der Waals surface area contributed by atoms with Gasteiger partial charge in [0.25, 0.3) is 0 Å². The molecule has 0 aromatic heterocycles. The maximum absolute atomic E-state index is 12.5. The van der Waals surface area contributed by atoms with Gasteiger partial charge in [-0.05, 0) is 31.0 Å². The normalized spacial score (nSPS) is 13.8. The van der Waals surface area contributed by atoms with Gasteiger partial charge in [-0.15, -0.1) is 0 Å². The molecular weight excluding hydrogens is 278 g/mol. The summed E-state index contributed by atoms with van der Waals surface area (Å²) in [7, 11) is -1.18. The Morgan fingerprint density at radius 2 is 1.71 bits per heavy atom. The van der Waals surface area contributed by atoms with Crippen LogP contribution in [-0.2, 0) is 11.0 Å². The van der Waals surface area contributed by atoms with E-state index in [-0.39, 0.29) is 6.04 Å². The van der Waals surface area contributed by atoms with Gasteiger partial charge in [0, 0.05) is 6.04 Å². The molecule has 2 aromatic rings. The lowest BCUT2D eigenvalue weighted by atomic mass is 10.0. The Hall–Kier alpha value is -1.45. The van der Waals surface area contributed by atoms with Crippen molar-refractivity contribution in [1.82, 2.24) is 4.72 Å². The van der Waals surface area contributed by atoms with Gasteiger partial charge in [0.2, 0.25) is 0 Å². The number of hydrogen-bond acceptors (Lipinski definition) is 1. The quantitative estimate of drug-likeness (QED) is 0.799. The zero-order valence-electron chi connectivity index (χ0n) is 12.7. The molecule has 0 fully saturated rings.